The first-order valence-electron chi connectivity index (χ1n) is 3.54. The topological polar surface area (TPSA) is 38.9 Å². The van der Waals surface area contributed by atoms with Crippen molar-refractivity contribution in [1.82, 2.24) is 4.98 Å². The van der Waals surface area contributed by atoms with Gasteiger partial charge in [0.05, 0.1) is 10.7 Å². The number of aryl methyl sites for hydroxylation is 1. The Kier molecular flexibility index (Phi) is 2.79. The van der Waals surface area contributed by atoms with Gasteiger partial charge in [-0.15, -0.1) is 17.9 Å². The van der Waals surface area contributed by atoms with Crippen LogP contribution in [0.1, 0.15) is 15.6 Å². The summed E-state index contributed by atoms with van der Waals surface area (Å²) in [5.41, 5.74) is 6.57. The zero-order valence-corrected chi connectivity index (χ0v) is 7.45. The number of rotatable bonds is 3. The molecule has 0 aromatic carbocycles. The maximum Gasteiger partial charge on any atom is 0.0969 e. The van der Waals surface area contributed by atoms with E-state index in [9.17, 15) is 0 Å². The molecule has 0 aliphatic heterocycles. The largest absolute Gasteiger partial charge is 0.326 e. The highest BCUT2D eigenvalue weighted by molar-refractivity contribution is 7.11. The molecular formula is C8H12N2S. The Balaban J connectivity index is 2.85. The van der Waals surface area contributed by atoms with Gasteiger partial charge in [-0.2, -0.15) is 0 Å². The predicted molar refractivity (Wildman–Crippen MR) is 48.6 cm³/mol. The lowest BCUT2D eigenvalue weighted by atomic mass is 10.4. The van der Waals surface area contributed by atoms with Crippen molar-refractivity contribution in [3.8, 4) is 0 Å². The fourth-order valence-electron chi connectivity index (χ4n) is 0.888. The van der Waals surface area contributed by atoms with E-state index in [1.807, 2.05) is 13.0 Å². The van der Waals surface area contributed by atoms with Crippen molar-refractivity contribution in [3.63, 3.8) is 0 Å². The van der Waals surface area contributed by atoms with Crippen molar-refractivity contribution in [2.24, 2.45) is 5.73 Å². The van der Waals surface area contributed by atoms with Crippen LogP contribution in [0.2, 0.25) is 0 Å². The van der Waals surface area contributed by atoms with Gasteiger partial charge in [-0.3, -0.25) is 0 Å². The normalized spacial score (nSPS) is 10.0. The average molecular weight is 168 g/mol. The Morgan fingerprint density at radius 1 is 1.73 bits per heavy atom. The standard InChI is InChI=1S/C8H12N2S/c1-3-4-8-10-6(2)7(5-9)11-8/h3H,1,4-5,9H2,2H3. The molecule has 0 radical (unpaired) electrons. The molecule has 0 atom stereocenters. The van der Waals surface area contributed by atoms with Crippen molar-refractivity contribution in [1.29, 1.82) is 0 Å². The molecule has 0 amide bonds. The van der Waals surface area contributed by atoms with Gasteiger partial charge in [0.2, 0.25) is 0 Å². The Morgan fingerprint density at radius 3 is 2.91 bits per heavy atom. The van der Waals surface area contributed by atoms with E-state index in [4.69, 9.17) is 5.73 Å². The molecule has 1 aromatic heterocycles. The number of aromatic nitrogens is 1. The Morgan fingerprint density at radius 2 is 2.45 bits per heavy atom. The molecule has 0 saturated carbocycles. The molecule has 11 heavy (non-hydrogen) atoms. The molecule has 1 rings (SSSR count). The quantitative estimate of drug-likeness (QED) is 0.697. The molecule has 0 spiro atoms. The van der Waals surface area contributed by atoms with Gasteiger partial charge in [0.1, 0.15) is 0 Å². The molecule has 60 valence electrons. The highest BCUT2D eigenvalue weighted by Gasteiger charge is 2.03. The third-order valence-corrected chi connectivity index (χ3v) is 2.64. The minimum absolute atomic E-state index is 0.598. The van der Waals surface area contributed by atoms with Crippen LogP contribution in [0.15, 0.2) is 12.7 Å². The van der Waals surface area contributed by atoms with E-state index in [1.54, 1.807) is 11.3 Å². The highest BCUT2D eigenvalue weighted by atomic mass is 32.1. The van der Waals surface area contributed by atoms with Crippen molar-refractivity contribution in [3.05, 3.63) is 28.2 Å². The first-order chi connectivity index (χ1) is 5.27. The van der Waals surface area contributed by atoms with E-state index in [0.29, 0.717) is 6.54 Å². The number of hydrogen-bond donors (Lipinski definition) is 1. The summed E-state index contributed by atoms with van der Waals surface area (Å²) < 4.78 is 0. The van der Waals surface area contributed by atoms with Gasteiger partial charge in [0, 0.05) is 17.8 Å². The third-order valence-electron chi connectivity index (χ3n) is 1.44. The minimum Gasteiger partial charge on any atom is -0.326 e. The van der Waals surface area contributed by atoms with Gasteiger partial charge < -0.3 is 5.73 Å². The number of nitrogens with zero attached hydrogens (tertiary/aromatic N) is 1. The van der Waals surface area contributed by atoms with E-state index in [2.05, 4.69) is 11.6 Å². The van der Waals surface area contributed by atoms with Crippen LogP contribution in [0.3, 0.4) is 0 Å². The Bertz CT molecular complexity index is 253. The molecule has 0 bridgehead atoms. The molecule has 2 N–H and O–H groups in total. The summed E-state index contributed by atoms with van der Waals surface area (Å²) in [7, 11) is 0. The van der Waals surface area contributed by atoms with E-state index in [-0.39, 0.29) is 0 Å². The van der Waals surface area contributed by atoms with E-state index >= 15 is 0 Å². The summed E-state index contributed by atoms with van der Waals surface area (Å²) in [6.07, 6.45) is 2.71. The molecule has 0 fully saturated rings. The summed E-state index contributed by atoms with van der Waals surface area (Å²) in [5, 5.41) is 1.11. The zero-order valence-electron chi connectivity index (χ0n) is 6.63. The van der Waals surface area contributed by atoms with Crippen LogP contribution in [0, 0.1) is 6.92 Å². The monoisotopic (exact) mass is 168 g/mol. The smallest absolute Gasteiger partial charge is 0.0969 e. The highest BCUT2D eigenvalue weighted by Crippen LogP contribution is 2.17. The van der Waals surface area contributed by atoms with Gasteiger partial charge >= 0.3 is 0 Å². The van der Waals surface area contributed by atoms with E-state index < -0.39 is 0 Å². The number of hydrogen-bond acceptors (Lipinski definition) is 3. The lowest BCUT2D eigenvalue weighted by molar-refractivity contribution is 1.05. The summed E-state index contributed by atoms with van der Waals surface area (Å²) in [4.78, 5) is 5.52. The van der Waals surface area contributed by atoms with Crippen molar-refractivity contribution in [2.75, 3.05) is 0 Å². The summed E-state index contributed by atoms with van der Waals surface area (Å²) >= 11 is 1.68. The lowest BCUT2D eigenvalue weighted by Gasteiger charge is -1.86. The minimum atomic E-state index is 0.598. The van der Waals surface area contributed by atoms with Gasteiger partial charge in [-0.25, -0.2) is 4.98 Å². The summed E-state index contributed by atoms with van der Waals surface area (Å²) in [6.45, 7) is 6.25. The van der Waals surface area contributed by atoms with Crippen LogP contribution in [-0.4, -0.2) is 4.98 Å². The predicted octanol–water partition coefficient (Wildman–Crippen LogP) is 1.64. The molecule has 2 nitrogen and oxygen atoms in total. The molecule has 0 aliphatic rings. The number of nitrogens with two attached hydrogens (primary N) is 1. The fraction of sp³-hybridized carbons (Fsp3) is 0.375. The van der Waals surface area contributed by atoms with Crippen LogP contribution >= 0.6 is 11.3 Å². The molecule has 0 aliphatic carbocycles. The summed E-state index contributed by atoms with van der Waals surface area (Å²) in [5.74, 6) is 0. The summed E-state index contributed by atoms with van der Waals surface area (Å²) in [6, 6.07) is 0. The van der Waals surface area contributed by atoms with E-state index in [1.165, 1.54) is 4.88 Å². The van der Waals surface area contributed by atoms with Crippen LogP contribution < -0.4 is 5.73 Å². The van der Waals surface area contributed by atoms with Gasteiger partial charge in [0.15, 0.2) is 0 Å². The maximum absolute atomic E-state index is 5.50. The van der Waals surface area contributed by atoms with E-state index in [0.717, 1.165) is 17.1 Å². The van der Waals surface area contributed by atoms with Crippen molar-refractivity contribution >= 4 is 11.3 Å². The van der Waals surface area contributed by atoms with Crippen LogP contribution in [0.4, 0.5) is 0 Å². The van der Waals surface area contributed by atoms with Gasteiger partial charge in [0.25, 0.3) is 0 Å². The Labute approximate surface area is 70.8 Å². The molecular weight excluding hydrogens is 156 g/mol. The second-order valence-corrected chi connectivity index (χ2v) is 3.48. The van der Waals surface area contributed by atoms with Gasteiger partial charge in [-0.1, -0.05) is 6.08 Å². The number of allylic oxidation sites excluding steroid dienone is 1. The molecule has 1 aromatic rings. The number of thiazole rings is 1. The van der Waals surface area contributed by atoms with Crippen LogP contribution in [-0.2, 0) is 13.0 Å². The van der Waals surface area contributed by atoms with Crippen molar-refractivity contribution < 1.29 is 0 Å². The Hall–Kier alpha value is -0.670. The molecule has 0 unspecified atom stereocenters. The molecule has 1 heterocycles. The fourth-order valence-corrected chi connectivity index (χ4v) is 1.83. The first kappa shape index (κ1) is 8.43. The molecule has 0 saturated heterocycles. The third kappa shape index (κ3) is 1.88. The lowest BCUT2D eigenvalue weighted by Crippen LogP contribution is -1.94. The molecule has 3 heteroatoms. The van der Waals surface area contributed by atoms with Gasteiger partial charge in [-0.05, 0) is 6.92 Å². The van der Waals surface area contributed by atoms with Crippen LogP contribution in [0.5, 0.6) is 0 Å². The first-order valence-corrected chi connectivity index (χ1v) is 4.35. The average Bonchev–Trinajstić information content (AvgIpc) is 2.32. The SMILES string of the molecule is C=CCc1nc(C)c(CN)s1. The second kappa shape index (κ2) is 3.64. The van der Waals surface area contributed by atoms with Crippen LogP contribution in [0.25, 0.3) is 0 Å². The zero-order chi connectivity index (χ0) is 8.27. The maximum atomic E-state index is 5.50. The van der Waals surface area contributed by atoms with Crippen molar-refractivity contribution in [2.45, 2.75) is 19.9 Å². The second-order valence-electron chi connectivity index (χ2n) is 2.31.